The molecule has 2 aromatic heterocycles. The standard InChI is InChI=1S/C21H21FN4O2S/c1-12-3-8-16-17(9-12)29-20-18(16)21(28)26(11-23-20)13(2)19(27)25-24-10-14-4-6-15(22)7-5-14/h4-7,10-13H,3,8-9H2,1-2H3,(H,25,27)/b24-10+/t12-,13-/m1/s1. The number of nitrogens with one attached hydrogen (secondary N) is 1. The molecular formula is C21H21FN4O2S. The fourth-order valence-corrected chi connectivity index (χ4v) is 4.90. The average molecular weight is 412 g/mol. The van der Waals surface area contributed by atoms with E-state index in [0.29, 0.717) is 16.9 Å². The molecule has 1 N–H and O–H groups in total. The molecule has 29 heavy (non-hydrogen) atoms. The summed E-state index contributed by atoms with van der Waals surface area (Å²) in [6.45, 7) is 3.86. The predicted molar refractivity (Wildman–Crippen MR) is 112 cm³/mol. The highest BCUT2D eigenvalue weighted by atomic mass is 32.1. The Bertz CT molecular complexity index is 1150. The number of benzene rings is 1. The van der Waals surface area contributed by atoms with E-state index in [1.807, 2.05) is 0 Å². The topological polar surface area (TPSA) is 76.3 Å². The van der Waals surface area contributed by atoms with Gasteiger partial charge in [0.1, 0.15) is 16.7 Å². The highest BCUT2D eigenvalue weighted by Gasteiger charge is 2.25. The number of aromatic nitrogens is 2. The largest absolute Gasteiger partial charge is 0.286 e. The Kier molecular flexibility index (Phi) is 5.27. The van der Waals surface area contributed by atoms with Crippen molar-refractivity contribution in [2.75, 3.05) is 0 Å². The summed E-state index contributed by atoms with van der Waals surface area (Å²) in [7, 11) is 0. The molecule has 0 saturated heterocycles. The molecule has 0 aliphatic heterocycles. The predicted octanol–water partition coefficient (Wildman–Crippen LogP) is 3.43. The van der Waals surface area contributed by atoms with Gasteiger partial charge in [0, 0.05) is 4.88 Å². The smallest absolute Gasteiger partial charge is 0.263 e. The van der Waals surface area contributed by atoms with Crippen LogP contribution in [0.4, 0.5) is 4.39 Å². The van der Waals surface area contributed by atoms with Crippen molar-refractivity contribution in [3.8, 4) is 0 Å². The zero-order valence-corrected chi connectivity index (χ0v) is 17.0. The summed E-state index contributed by atoms with van der Waals surface area (Å²) in [6.07, 6.45) is 5.76. The van der Waals surface area contributed by atoms with E-state index in [1.165, 1.54) is 34.1 Å². The minimum absolute atomic E-state index is 0.188. The molecule has 0 spiro atoms. The van der Waals surface area contributed by atoms with Crippen molar-refractivity contribution in [1.29, 1.82) is 0 Å². The van der Waals surface area contributed by atoms with E-state index in [-0.39, 0.29) is 11.4 Å². The third-order valence-corrected chi connectivity index (χ3v) is 6.46. The van der Waals surface area contributed by atoms with Gasteiger partial charge in [0.15, 0.2) is 0 Å². The van der Waals surface area contributed by atoms with Crippen LogP contribution in [0, 0.1) is 11.7 Å². The molecule has 1 amide bonds. The first kappa shape index (κ1) is 19.4. The number of nitrogens with zero attached hydrogens (tertiary/aromatic N) is 3. The van der Waals surface area contributed by atoms with E-state index >= 15 is 0 Å². The molecule has 1 aliphatic carbocycles. The van der Waals surface area contributed by atoms with Crippen LogP contribution in [0.25, 0.3) is 10.2 Å². The lowest BCUT2D eigenvalue weighted by molar-refractivity contribution is -0.123. The molecule has 0 radical (unpaired) electrons. The summed E-state index contributed by atoms with van der Waals surface area (Å²) in [6, 6.07) is 4.97. The zero-order chi connectivity index (χ0) is 20.5. The van der Waals surface area contributed by atoms with Gasteiger partial charge in [-0.15, -0.1) is 11.3 Å². The summed E-state index contributed by atoms with van der Waals surface area (Å²) >= 11 is 1.58. The Morgan fingerprint density at radius 3 is 2.93 bits per heavy atom. The molecule has 1 aliphatic rings. The second kappa shape index (κ2) is 7.87. The molecule has 6 nitrogen and oxygen atoms in total. The maximum absolute atomic E-state index is 13.1. The Balaban J connectivity index is 1.55. The zero-order valence-electron chi connectivity index (χ0n) is 16.2. The quantitative estimate of drug-likeness (QED) is 0.527. The van der Waals surface area contributed by atoms with Crippen LogP contribution in [-0.4, -0.2) is 21.7 Å². The number of hydrogen-bond acceptors (Lipinski definition) is 5. The molecule has 0 fully saturated rings. The third kappa shape index (κ3) is 3.85. The first-order chi connectivity index (χ1) is 13.9. The Morgan fingerprint density at radius 2 is 2.17 bits per heavy atom. The summed E-state index contributed by atoms with van der Waals surface area (Å²) in [5.74, 6) is -0.155. The summed E-state index contributed by atoms with van der Waals surface area (Å²) in [5, 5.41) is 4.54. The molecule has 2 atom stereocenters. The highest BCUT2D eigenvalue weighted by Crippen LogP contribution is 2.35. The summed E-state index contributed by atoms with van der Waals surface area (Å²) in [4.78, 5) is 32.0. The molecule has 150 valence electrons. The molecule has 0 bridgehead atoms. The number of carbonyl (C=O) groups excluding carboxylic acids is 1. The summed E-state index contributed by atoms with van der Waals surface area (Å²) in [5.41, 5.74) is 3.99. The van der Waals surface area contributed by atoms with E-state index in [4.69, 9.17) is 0 Å². The Hall–Kier alpha value is -2.87. The minimum Gasteiger partial charge on any atom is -0.286 e. The highest BCUT2D eigenvalue weighted by molar-refractivity contribution is 7.18. The number of carbonyl (C=O) groups is 1. The fraction of sp³-hybridized carbons (Fsp3) is 0.333. The van der Waals surface area contributed by atoms with Gasteiger partial charge in [-0.3, -0.25) is 14.2 Å². The number of halogens is 1. The maximum Gasteiger partial charge on any atom is 0.263 e. The van der Waals surface area contributed by atoms with Crippen molar-refractivity contribution < 1.29 is 9.18 Å². The van der Waals surface area contributed by atoms with Crippen molar-refractivity contribution in [2.45, 2.75) is 39.2 Å². The van der Waals surface area contributed by atoms with Crippen LogP contribution >= 0.6 is 11.3 Å². The van der Waals surface area contributed by atoms with E-state index in [2.05, 4.69) is 22.4 Å². The second-order valence-electron chi connectivity index (χ2n) is 7.45. The lowest BCUT2D eigenvalue weighted by Crippen LogP contribution is -2.34. The Labute approximate surface area is 171 Å². The van der Waals surface area contributed by atoms with Gasteiger partial charge in [0.05, 0.1) is 17.9 Å². The lowest BCUT2D eigenvalue weighted by atomic mass is 9.89. The van der Waals surface area contributed by atoms with Crippen molar-refractivity contribution in [1.82, 2.24) is 15.0 Å². The van der Waals surface area contributed by atoms with Crippen LogP contribution in [0.1, 0.15) is 42.3 Å². The maximum atomic E-state index is 13.1. The van der Waals surface area contributed by atoms with Crippen LogP contribution in [0.15, 0.2) is 40.5 Å². The van der Waals surface area contributed by atoms with E-state index < -0.39 is 11.9 Å². The minimum atomic E-state index is -0.761. The normalized spacial score (nSPS) is 17.4. The van der Waals surface area contributed by atoms with Crippen molar-refractivity contribution in [3.63, 3.8) is 0 Å². The molecule has 1 aromatic carbocycles. The number of hydrogen-bond donors (Lipinski definition) is 1. The van der Waals surface area contributed by atoms with Crippen molar-refractivity contribution >= 4 is 33.7 Å². The molecule has 0 unspecified atom stereocenters. The first-order valence-corrected chi connectivity index (χ1v) is 10.4. The van der Waals surface area contributed by atoms with Gasteiger partial charge in [-0.05, 0) is 55.4 Å². The summed E-state index contributed by atoms with van der Waals surface area (Å²) < 4.78 is 14.3. The number of amides is 1. The van der Waals surface area contributed by atoms with Gasteiger partial charge in [0.25, 0.3) is 11.5 Å². The van der Waals surface area contributed by atoms with Gasteiger partial charge >= 0.3 is 0 Å². The number of rotatable bonds is 4. The molecule has 2 heterocycles. The van der Waals surface area contributed by atoms with Crippen LogP contribution in [-0.2, 0) is 17.6 Å². The Morgan fingerprint density at radius 1 is 1.41 bits per heavy atom. The molecule has 3 aromatic rings. The number of fused-ring (bicyclic) bond motifs is 3. The van der Waals surface area contributed by atoms with Crippen LogP contribution in [0.5, 0.6) is 0 Å². The van der Waals surface area contributed by atoms with Crippen LogP contribution in [0.2, 0.25) is 0 Å². The second-order valence-corrected chi connectivity index (χ2v) is 8.53. The molecule has 8 heteroatoms. The van der Waals surface area contributed by atoms with Crippen molar-refractivity contribution in [2.24, 2.45) is 11.0 Å². The van der Waals surface area contributed by atoms with Gasteiger partial charge < -0.3 is 0 Å². The van der Waals surface area contributed by atoms with Crippen LogP contribution < -0.4 is 11.0 Å². The van der Waals surface area contributed by atoms with Gasteiger partial charge in [-0.25, -0.2) is 14.8 Å². The number of thiophene rings is 1. The van der Waals surface area contributed by atoms with Gasteiger partial charge in [0.2, 0.25) is 0 Å². The third-order valence-electron chi connectivity index (χ3n) is 5.30. The van der Waals surface area contributed by atoms with Crippen molar-refractivity contribution in [3.05, 3.63) is 62.8 Å². The van der Waals surface area contributed by atoms with E-state index in [1.54, 1.807) is 30.4 Å². The average Bonchev–Trinajstić information content (AvgIpc) is 3.07. The molecular weight excluding hydrogens is 391 g/mol. The van der Waals surface area contributed by atoms with E-state index in [0.717, 1.165) is 29.7 Å². The van der Waals surface area contributed by atoms with E-state index in [9.17, 15) is 14.0 Å². The molecule has 0 saturated carbocycles. The lowest BCUT2D eigenvalue weighted by Gasteiger charge is -2.18. The van der Waals surface area contributed by atoms with Gasteiger partial charge in [-0.2, -0.15) is 5.10 Å². The monoisotopic (exact) mass is 412 g/mol. The van der Waals surface area contributed by atoms with Crippen LogP contribution in [0.3, 0.4) is 0 Å². The number of hydrazone groups is 1. The SMILES string of the molecule is C[C@@H]1CCc2c(sc3ncn([C@H](C)C(=O)N/N=C/c4ccc(F)cc4)c(=O)c23)C1. The first-order valence-electron chi connectivity index (χ1n) is 9.54. The number of aryl methyl sites for hydroxylation is 1. The molecule has 4 rings (SSSR count). The van der Waals surface area contributed by atoms with Gasteiger partial charge in [-0.1, -0.05) is 19.1 Å². The fourth-order valence-electron chi connectivity index (χ4n) is 3.56.